The quantitative estimate of drug-likeness (QED) is 0.113. The van der Waals surface area contributed by atoms with Crippen molar-refractivity contribution in [2.45, 2.75) is 0 Å². The van der Waals surface area contributed by atoms with Gasteiger partial charge in [-0.25, -0.2) is 0 Å². The van der Waals surface area contributed by atoms with Crippen LogP contribution in [0.15, 0.2) is 291 Å². The normalized spacial score (nSPS) is 11.3. The van der Waals surface area contributed by atoms with Gasteiger partial charge in [0, 0.05) is 33.6 Å². The monoisotopic (exact) mass is 918 g/mol. The largest absolute Gasteiger partial charge is 0.309 e. The summed E-state index contributed by atoms with van der Waals surface area (Å²) in [4.78, 5) is 4.84. The van der Waals surface area contributed by atoms with E-state index >= 15 is 0 Å². The second kappa shape index (κ2) is 19.8. The second-order valence-corrected chi connectivity index (χ2v) is 18.1. The molecular formula is C70H50N2. The SMILES string of the molecule is C(=C\c1ccc2cc(N(c3ccccc3-c3ccccc3)c3ccccc3-c3ccccc3)ccc2c1)/c1ccc2cc(N(c3ccccc3-c3ccccc3)c3ccccc3-c3ccccc3)ccc2c1. The first-order valence-electron chi connectivity index (χ1n) is 24.7. The molecule has 0 saturated heterocycles. The van der Waals surface area contributed by atoms with Crippen LogP contribution in [0.25, 0.3) is 78.2 Å². The highest BCUT2D eigenvalue weighted by atomic mass is 15.2. The molecule has 12 aromatic rings. The van der Waals surface area contributed by atoms with Crippen molar-refractivity contribution in [2.75, 3.05) is 9.80 Å². The third-order valence-corrected chi connectivity index (χ3v) is 13.6. The Morgan fingerprint density at radius 2 is 0.458 bits per heavy atom. The van der Waals surface area contributed by atoms with Crippen molar-refractivity contribution >= 4 is 67.8 Å². The Balaban J connectivity index is 0.877. The van der Waals surface area contributed by atoms with Gasteiger partial charge in [-0.15, -0.1) is 0 Å². The van der Waals surface area contributed by atoms with Gasteiger partial charge in [-0.3, -0.25) is 0 Å². The summed E-state index contributed by atoms with van der Waals surface area (Å²) in [6, 6.07) is 105. The second-order valence-electron chi connectivity index (χ2n) is 18.1. The van der Waals surface area contributed by atoms with Gasteiger partial charge in [-0.05, 0) is 116 Å². The summed E-state index contributed by atoms with van der Waals surface area (Å²) in [5.41, 5.74) is 18.4. The standard InChI is InChI=1S/C70H50N2/c1-5-21-53(22-6-1)63-29-13-17-33-67(63)71(68-34-18-14-30-64(68)54-23-7-2-8-24-54)61-45-43-57-47-51(39-41-59(57)49-61)37-38-52-40-42-60-50-62(46-44-58(60)48-52)72(69-35-19-15-31-65(69)55-25-9-3-10-26-55)70-36-20-16-32-66(70)56-27-11-4-12-28-56/h1-50H/b38-37+. The molecule has 0 amide bonds. The number of anilines is 6. The first-order chi connectivity index (χ1) is 35.7. The summed E-state index contributed by atoms with van der Waals surface area (Å²) in [7, 11) is 0. The summed E-state index contributed by atoms with van der Waals surface area (Å²) in [6.07, 6.45) is 4.45. The third-order valence-electron chi connectivity index (χ3n) is 13.6. The van der Waals surface area contributed by atoms with Crippen LogP contribution in [0, 0.1) is 0 Å². The number of para-hydroxylation sites is 4. The Hall–Kier alpha value is -9.50. The molecule has 0 aliphatic heterocycles. The van der Waals surface area contributed by atoms with Gasteiger partial charge in [0.2, 0.25) is 0 Å². The minimum Gasteiger partial charge on any atom is -0.309 e. The van der Waals surface area contributed by atoms with Gasteiger partial charge in [0.25, 0.3) is 0 Å². The fraction of sp³-hybridized carbons (Fsp3) is 0. The van der Waals surface area contributed by atoms with E-state index in [2.05, 4.69) is 313 Å². The van der Waals surface area contributed by atoms with Crippen LogP contribution in [0.3, 0.4) is 0 Å². The number of hydrogen-bond donors (Lipinski definition) is 0. The van der Waals surface area contributed by atoms with E-state index in [4.69, 9.17) is 0 Å². The Labute approximate surface area is 422 Å². The fourth-order valence-electron chi connectivity index (χ4n) is 10.1. The van der Waals surface area contributed by atoms with Gasteiger partial charge in [-0.1, -0.05) is 243 Å². The maximum absolute atomic E-state index is 2.42. The topological polar surface area (TPSA) is 6.48 Å². The van der Waals surface area contributed by atoms with E-state index in [-0.39, 0.29) is 0 Å². The molecule has 0 aliphatic rings. The van der Waals surface area contributed by atoms with Crippen LogP contribution in [0.5, 0.6) is 0 Å². The van der Waals surface area contributed by atoms with Crippen LogP contribution in [-0.4, -0.2) is 0 Å². The van der Waals surface area contributed by atoms with E-state index < -0.39 is 0 Å². The highest BCUT2D eigenvalue weighted by Gasteiger charge is 2.22. The van der Waals surface area contributed by atoms with Gasteiger partial charge >= 0.3 is 0 Å². The summed E-state index contributed by atoms with van der Waals surface area (Å²) in [5, 5.41) is 4.73. The van der Waals surface area contributed by atoms with Crippen LogP contribution in [0.1, 0.15) is 11.1 Å². The number of hydrogen-bond acceptors (Lipinski definition) is 2. The Kier molecular flexibility index (Phi) is 12.1. The zero-order valence-electron chi connectivity index (χ0n) is 39.8. The van der Waals surface area contributed by atoms with Crippen molar-refractivity contribution in [2.24, 2.45) is 0 Å². The summed E-state index contributed by atoms with van der Waals surface area (Å²) >= 11 is 0. The molecule has 0 unspecified atom stereocenters. The molecule has 0 atom stereocenters. The summed E-state index contributed by atoms with van der Waals surface area (Å²) < 4.78 is 0. The molecule has 12 aromatic carbocycles. The van der Waals surface area contributed by atoms with Gasteiger partial charge in [0.1, 0.15) is 0 Å². The minimum absolute atomic E-state index is 1.10. The predicted octanol–water partition coefficient (Wildman–Crippen LogP) is 19.8. The van der Waals surface area contributed by atoms with Crippen molar-refractivity contribution in [3.63, 3.8) is 0 Å². The molecule has 0 aromatic heterocycles. The molecular weight excluding hydrogens is 869 g/mol. The van der Waals surface area contributed by atoms with Crippen LogP contribution in [0.2, 0.25) is 0 Å². The lowest BCUT2D eigenvalue weighted by atomic mass is 9.98. The first-order valence-corrected chi connectivity index (χ1v) is 24.7. The highest BCUT2D eigenvalue weighted by Crippen LogP contribution is 2.47. The molecule has 0 aliphatic carbocycles. The molecule has 2 heteroatoms. The van der Waals surface area contributed by atoms with Gasteiger partial charge in [0.15, 0.2) is 0 Å². The zero-order valence-corrected chi connectivity index (χ0v) is 39.8. The molecule has 0 saturated carbocycles. The summed E-state index contributed by atoms with van der Waals surface area (Å²) in [6.45, 7) is 0. The number of fused-ring (bicyclic) bond motifs is 2. The maximum Gasteiger partial charge on any atom is 0.0540 e. The van der Waals surface area contributed by atoms with E-state index in [0.29, 0.717) is 0 Å². The molecule has 0 bridgehead atoms. The zero-order chi connectivity index (χ0) is 48.1. The van der Waals surface area contributed by atoms with Crippen LogP contribution >= 0.6 is 0 Å². The Morgan fingerprint density at radius 1 is 0.208 bits per heavy atom. The fourth-order valence-corrected chi connectivity index (χ4v) is 10.1. The number of nitrogens with zero attached hydrogens (tertiary/aromatic N) is 2. The van der Waals surface area contributed by atoms with Gasteiger partial charge in [0.05, 0.1) is 22.7 Å². The molecule has 340 valence electrons. The van der Waals surface area contributed by atoms with E-state index in [1.54, 1.807) is 0 Å². The van der Waals surface area contributed by atoms with Gasteiger partial charge < -0.3 is 9.80 Å². The lowest BCUT2D eigenvalue weighted by molar-refractivity contribution is 1.29. The Morgan fingerprint density at radius 3 is 0.764 bits per heavy atom. The molecule has 0 radical (unpaired) electrons. The lowest BCUT2D eigenvalue weighted by Crippen LogP contribution is -2.12. The van der Waals surface area contributed by atoms with Crippen LogP contribution in [0.4, 0.5) is 34.1 Å². The Bertz CT molecular complexity index is 3440. The van der Waals surface area contributed by atoms with E-state index in [1.807, 2.05) is 0 Å². The van der Waals surface area contributed by atoms with E-state index in [9.17, 15) is 0 Å². The molecule has 2 nitrogen and oxygen atoms in total. The van der Waals surface area contributed by atoms with E-state index in [0.717, 1.165) is 45.3 Å². The third kappa shape index (κ3) is 8.86. The molecule has 0 heterocycles. The first kappa shape index (κ1) is 43.8. The summed E-state index contributed by atoms with van der Waals surface area (Å²) in [5.74, 6) is 0. The van der Waals surface area contributed by atoms with Gasteiger partial charge in [-0.2, -0.15) is 0 Å². The van der Waals surface area contributed by atoms with E-state index in [1.165, 1.54) is 66.1 Å². The predicted molar refractivity (Wildman–Crippen MR) is 308 cm³/mol. The molecule has 12 rings (SSSR count). The van der Waals surface area contributed by atoms with Crippen molar-refractivity contribution in [1.29, 1.82) is 0 Å². The van der Waals surface area contributed by atoms with Crippen LogP contribution in [-0.2, 0) is 0 Å². The molecule has 0 N–H and O–H groups in total. The van der Waals surface area contributed by atoms with Crippen molar-refractivity contribution in [3.05, 3.63) is 302 Å². The molecule has 72 heavy (non-hydrogen) atoms. The number of rotatable bonds is 12. The lowest BCUT2D eigenvalue weighted by Gasteiger charge is -2.30. The average molecular weight is 919 g/mol. The molecule has 0 fully saturated rings. The highest BCUT2D eigenvalue weighted by molar-refractivity contribution is 5.99. The van der Waals surface area contributed by atoms with Crippen molar-refractivity contribution < 1.29 is 0 Å². The maximum atomic E-state index is 2.42. The van der Waals surface area contributed by atoms with Crippen molar-refractivity contribution in [3.8, 4) is 44.5 Å². The number of benzene rings is 12. The minimum atomic E-state index is 1.10. The molecule has 0 spiro atoms. The van der Waals surface area contributed by atoms with Crippen LogP contribution < -0.4 is 9.80 Å². The average Bonchev–Trinajstić information content (AvgIpc) is 3.46. The van der Waals surface area contributed by atoms with Crippen molar-refractivity contribution in [1.82, 2.24) is 0 Å². The smallest absolute Gasteiger partial charge is 0.0540 e.